The fraction of sp³-hybridized carbons (Fsp3) is 0.333. The highest BCUT2D eigenvalue weighted by atomic mass is 19.4. The lowest BCUT2D eigenvalue weighted by atomic mass is 10.1. The summed E-state index contributed by atoms with van der Waals surface area (Å²) in [4.78, 5) is 19.2. The van der Waals surface area contributed by atoms with Gasteiger partial charge in [-0.1, -0.05) is 6.07 Å². The Hall–Kier alpha value is -3.33. The van der Waals surface area contributed by atoms with Crippen molar-refractivity contribution in [3.63, 3.8) is 0 Å². The molecule has 1 heterocycles. The molecule has 1 aliphatic heterocycles. The van der Waals surface area contributed by atoms with Gasteiger partial charge in [0, 0.05) is 30.4 Å². The highest BCUT2D eigenvalue weighted by Crippen LogP contribution is 2.30. The highest BCUT2D eigenvalue weighted by Gasteiger charge is 2.31. The molecule has 0 unspecified atom stereocenters. The number of nitrogens with two attached hydrogens (primary N) is 1. The molecule has 0 radical (unpaired) electrons. The van der Waals surface area contributed by atoms with Crippen LogP contribution in [0.5, 0.6) is 5.75 Å². The number of nitrogens with one attached hydrogen (secondary N) is 1. The smallest absolute Gasteiger partial charge is 0.416 e. The Morgan fingerprint density at radius 1 is 1.21 bits per heavy atom. The Morgan fingerprint density at radius 3 is 2.64 bits per heavy atom. The van der Waals surface area contributed by atoms with Crippen molar-refractivity contribution in [3.05, 3.63) is 71.4 Å². The molecule has 6 nitrogen and oxygen atoms in total. The second kappa shape index (κ2) is 11.0. The molecule has 0 saturated carbocycles. The Morgan fingerprint density at radius 2 is 1.97 bits per heavy atom. The first kappa shape index (κ1) is 24.3. The largest absolute Gasteiger partial charge is 0.492 e. The summed E-state index contributed by atoms with van der Waals surface area (Å²) in [5.74, 6) is -0.0796. The summed E-state index contributed by atoms with van der Waals surface area (Å²) in [7, 11) is 1.61. The molecule has 2 aromatic rings. The molecular formula is C24H27F3N4O2. The van der Waals surface area contributed by atoms with Crippen LogP contribution in [0.4, 0.5) is 18.9 Å². The summed E-state index contributed by atoms with van der Waals surface area (Å²) < 4.78 is 44.9. The molecule has 1 aliphatic rings. The number of carbonyl (C=O) groups excluding carboxylic acids is 1. The lowest BCUT2D eigenvalue weighted by Gasteiger charge is -2.17. The number of allylic oxidation sites excluding steroid dienone is 1. The van der Waals surface area contributed by atoms with Crippen molar-refractivity contribution >= 4 is 17.3 Å². The molecule has 1 amide bonds. The van der Waals surface area contributed by atoms with Crippen LogP contribution in [-0.4, -0.2) is 49.8 Å². The van der Waals surface area contributed by atoms with Crippen LogP contribution in [0.15, 0.2) is 59.7 Å². The van der Waals surface area contributed by atoms with Crippen LogP contribution in [-0.2, 0) is 6.18 Å². The number of amides is 1. The van der Waals surface area contributed by atoms with Crippen LogP contribution >= 0.6 is 0 Å². The van der Waals surface area contributed by atoms with E-state index in [4.69, 9.17) is 10.5 Å². The molecule has 3 rings (SSSR count). The number of ether oxygens (including phenoxy) is 1. The zero-order chi connectivity index (χ0) is 23.8. The van der Waals surface area contributed by atoms with E-state index in [2.05, 4.69) is 15.2 Å². The van der Waals surface area contributed by atoms with Crippen LogP contribution in [0.3, 0.4) is 0 Å². The monoisotopic (exact) mass is 460 g/mol. The van der Waals surface area contributed by atoms with Gasteiger partial charge < -0.3 is 15.8 Å². The molecule has 1 fully saturated rings. The number of rotatable bonds is 8. The maximum absolute atomic E-state index is 13.0. The number of hydrogen-bond donors (Lipinski definition) is 2. The first-order chi connectivity index (χ1) is 15.8. The number of hydrogen-bond acceptors (Lipinski definition) is 5. The van der Waals surface area contributed by atoms with Gasteiger partial charge in [0.25, 0.3) is 5.91 Å². The third kappa shape index (κ3) is 6.58. The summed E-state index contributed by atoms with van der Waals surface area (Å²) in [6.07, 6.45) is 0.822. The van der Waals surface area contributed by atoms with Gasteiger partial charge >= 0.3 is 6.18 Å². The van der Waals surface area contributed by atoms with Crippen LogP contribution in [0.2, 0.25) is 0 Å². The summed E-state index contributed by atoms with van der Waals surface area (Å²) in [5.41, 5.74) is 6.12. The number of anilines is 1. The SMILES string of the molecule is CN=C(C=CN)c1cc(NC(=O)c2cccc(C(F)(F)F)c2)ccc1OCCN1CCCC1. The average Bonchev–Trinajstić information content (AvgIpc) is 3.31. The number of nitrogens with zero attached hydrogens (tertiary/aromatic N) is 2. The predicted molar refractivity (Wildman–Crippen MR) is 123 cm³/mol. The van der Waals surface area contributed by atoms with Crippen molar-refractivity contribution in [1.82, 2.24) is 4.90 Å². The van der Waals surface area contributed by atoms with E-state index in [1.165, 1.54) is 31.2 Å². The second-order valence-corrected chi connectivity index (χ2v) is 7.61. The van der Waals surface area contributed by atoms with Gasteiger partial charge in [0.05, 0.1) is 11.3 Å². The van der Waals surface area contributed by atoms with Gasteiger partial charge in [-0.15, -0.1) is 0 Å². The maximum Gasteiger partial charge on any atom is 0.416 e. The summed E-state index contributed by atoms with van der Waals surface area (Å²) >= 11 is 0. The molecule has 0 aromatic heterocycles. The number of aliphatic imine (C=N–C) groups is 1. The van der Waals surface area contributed by atoms with Gasteiger partial charge in [-0.3, -0.25) is 14.7 Å². The Kier molecular flexibility index (Phi) is 8.11. The van der Waals surface area contributed by atoms with Gasteiger partial charge in [-0.2, -0.15) is 13.2 Å². The third-order valence-corrected chi connectivity index (χ3v) is 5.32. The standard InChI is InChI=1S/C24H27F3N4O2/c1-29-21(9-10-28)20-16-19(7-8-22(20)33-14-13-31-11-2-3-12-31)30-23(32)17-5-4-6-18(15-17)24(25,26)27/h4-10,15-16H,2-3,11-14,28H2,1H3,(H,30,32). The minimum atomic E-state index is -4.53. The van der Waals surface area contributed by atoms with E-state index in [0.29, 0.717) is 29.3 Å². The van der Waals surface area contributed by atoms with Gasteiger partial charge in [0.1, 0.15) is 12.4 Å². The quantitative estimate of drug-likeness (QED) is 0.575. The number of halogens is 3. The lowest BCUT2D eigenvalue weighted by Crippen LogP contribution is -2.25. The minimum absolute atomic E-state index is 0.0939. The Balaban J connectivity index is 1.80. The predicted octanol–water partition coefficient (Wildman–Crippen LogP) is 4.32. The molecule has 0 bridgehead atoms. The van der Waals surface area contributed by atoms with E-state index < -0.39 is 17.6 Å². The summed E-state index contributed by atoms with van der Waals surface area (Å²) in [6, 6.07) is 9.29. The van der Waals surface area contributed by atoms with Gasteiger partial charge in [-0.25, -0.2) is 0 Å². The third-order valence-electron chi connectivity index (χ3n) is 5.32. The first-order valence-corrected chi connectivity index (χ1v) is 10.6. The molecule has 3 N–H and O–H groups in total. The van der Waals surface area contributed by atoms with Crippen LogP contribution in [0.25, 0.3) is 0 Å². The molecule has 9 heteroatoms. The van der Waals surface area contributed by atoms with Crippen molar-refractivity contribution in [2.75, 3.05) is 38.6 Å². The van der Waals surface area contributed by atoms with E-state index in [1.807, 2.05) is 0 Å². The van der Waals surface area contributed by atoms with Crippen molar-refractivity contribution in [2.24, 2.45) is 10.7 Å². The molecule has 33 heavy (non-hydrogen) atoms. The number of alkyl halides is 3. The zero-order valence-corrected chi connectivity index (χ0v) is 18.4. The van der Waals surface area contributed by atoms with Gasteiger partial charge in [0.2, 0.25) is 0 Å². The van der Waals surface area contributed by atoms with Gasteiger partial charge in [0.15, 0.2) is 0 Å². The fourth-order valence-corrected chi connectivity index (χ4v) is 3.64. The lowest BCUT2D eigenvalue weighted by molar-refractivity contribution is -0.137. The van der Waals surface area contributed by atoms with Crippen molar-refractivity contribution in [1.29, 1.82) is 0 Å². The number of likely N-dealkylation sites (tertiary alicyclic amines) is 1. The topological polar surface area (TPSA) is 79.9 Å². The molecule has 0 aliphatic carbocycles. The molecule has 0 atom stereocenters. The molecule has 1 saturated heterocycles. The van der Waals surface area contributed by atoms with Crippen LogP contribution in [0.1, 0.15) is 34.3 Å². The summed E-state index contributed by atoms with van der Waals surface area (Å²) in [5, 5.41) is 2.65. The van der Waals surface area contributed by atoms with Crippen molar-refractivity contribution in [3.8, 4) is 5.75 Å². The highest BCUT2D eigenvalue weighted by molar-refractivity contribution is 6.12. The van der Waals surface area contributed by atoms with Crippen LogP contribution < -0.4 is 15.8 Å². The molecule has 2 aromatic carbocycles. The number of carbonyl (C=O) groups is 1. The fourth-order valence-electron chi connectivity index (χ4n) is 3.64. The van der Waals surface area contributed by atoms with E-state index in [9.17, 15) is 18.0 Å². The Labute approximate surface area is 190 Å². The normalized spacial score (nSPS) is 15.2. The molecular weight excluding hydrogens is 433 g/mol. The van der Waals surface area contributed by atoms with Crippen molar-refractivity contribution in [2.45, 2.75) is 19.0 Å². The Bertz CT molecular complexity index is 1030. The van der Waals surface area contributed by atoms with Gasteiger partial charge in [-0.05, 0) is 74.6 Å². The number of benzene rings is 2. The first-order valence-electron chi connectivity index (χ1n) is 10.6. The molecule has 176 valence electrons. The van der Waals surface area contributed by atoms with Crippen LogP contribution in [0, 0.1) is 0 Å². The van der Waals surface area contributed by atoms with E-state index in [-0.39, 0.29) is 5.56 Å². The summed E-state index contributed by atoms with van der Waals surface area (Å²) in [6.45, 7) is 3.42. The van der Waals surface area contributed by atoms with E-state index >= 15 is 0 Å². The zero-order valence-electron chi connectivity index (χ0n) is 18.4. The second-order valence-electron chi connectivity index (χ2n) is 7.61. The van der Waals surface area contributed by atoms with Crippen molar-refractivity contribution < 1.29 is 22.7 Å². The van der Waals surface area contributed by atoms with E-state index in [0.717, 1.165) is 31.8 Å². The minimum Gasteiger partial charge on any atom is -0.492 e. The maximum atomic E-state index is 13.0. The molecule has 0 spiro atoms. The average molecular weight is 461 g/mol. The van der Waals surface area contributed by atoms with E-state index in [1.54, 1.807) is 31.3 Å².